The predicted molar refractivity (Wildman–Crippen MR) is 107 cm³/mol. The molecule has 1 fully saturated rings. The molecular weight excluding hydrogens is 358 g/mol. The molecule has 3 aromatic rings. The summed E-state index contributed by atoms with van der Waals surface area (Å²) in [6, 6.07) is 14.5. The lowest BCUT2D eigenvalue weighted by Crippen LogP contribution is -2.25. The third kappa shape index (κ3) is 4.31. The summed E-state index contributed by atoms with van der Waals surface area (Å²) in [5.41, 5.74) is 3.53. The first-order valence-electron chi connectivity index (χ1n) is 9.13. The molecule has 6 nitrogen and oxygen atoms in total. The third-order valence-corrected chi connectivity index (χ3v) is 5.52. The highest BCUT2D eigenvalue weighted by molar-refractivity contribution is 7.13. The van der Waals surface area contributed by atoms with Crippen LogP contribution in [0, 0.1) is 0 Å². The van der Waals surface area contributed by atoms with Crippen LogP contribution in [0.5, 0.6) is 0 Å². The number of carbonyl (C=O) groups excluding carboxylic acids is 1. The van der Waals surface area contributed by atoms with Crippen molar-refractivity contribution in [3.8, 4) is 0 Å². The Hall–Kier alpha value is -2.80. The molecule has 1 aliphatic heterocycles. The minimum Gasteiger partial charge on any atom is -0.357 e. The van der Waals surface area contributed by atoms with E-state index in [1.54, 1.807) is 11.7 Å². The number of hydrogen-bond donors (Lipinski definition) is 1. The maximum atomic E-state index is 12.2. The Morgan fingerprint density at radius 1 is 1.11 bits per heavy atom. The fourth-order valence-electron chi connectivity index (χ4n) is 3.49. The van der Waals surface area contributed by atoms with Gasteiger partial charge in [-0.1, -0.05) is 41.7 Å². The van der Waals surface area contributed by atoms with E-state index in [9.17, 15) is 4.79 Å². The van der Waals surface area contributed by atoms with Gasteiger partial charge in [0, 0.05) is 19.3 Å². The fraction of sp³-hybridized carbons (Fsp3) is 0.300. The molecule has 1 aromatic carbocycles. The van der Waals surface area contributed by atoms with Crippen molar-refractivity contribution in [2.75, 3.05) is 23.3 Å². The molecule has 0 saturated carbocycles. The zero-order valence-corrected chi connectivity index (χ0v) is 15.7. The summed E-state index contributed by atoms with van der Waals surface area (Å²) in [5, 5.41) is 10.7. The molecule has 27 heavy (non-hydrogen) atoms. The number of benzene rings is 1. The first-order chi connectivity index (χ1) is 13.3. The molecule has 7 heteroatoms. The van der Waals surface area contributed by atoms with Gasteiger partial charge in [0.15, 0.2) is 0 Å². The highest BCUT2D eigenvalue weighted by Gasteiger charge is 2.19. The Balaban J connectivity index is 1.39. The molecule has 1 amide bonds. The Kier molecular flexibility index (Phi) is 5.39. The van der Waals surface area contributed by atoms with Crippen LogP contribution < -0.4 is 10.2 Å². The van der Waals surface area contributed by atoms with E-state index in [1.807, 2.05) is 12.1 Å². The maximum absolute atomic E-state index is 12.2. The predicted octanol–water partition coefficient (Wildman–Crippen LogP) is 3.96. The number of carbonyl (C=O) groups is 1. The topological polar surface area (TPSA) is 71.0 Å². The summed E-state index contributed by atoms with van der Waals surface area (Å²) >= 11 is 1.29. The molecule has 138 valence electrons. The average molecular weight is 379 g/mol. The number of pyridine rings is 1. The van der Waals surface area contributed by atoms with Crippen molar-refractivity contribution >= 4 is 28.2 Å². The normalized spacial score (nSPS) is 17.3. The van der Waals surface area contributed by atoms with Gasteiger partial charge in [0.25, 0.3) is 5.91 Å². The van der Waals surface area contributed by atoms with Crippen molar-refractivity contribution in [3.63, 3.8) is 0 Å². The second-order valence-electron chi connectivity index (χ2n) is 6.63. The first kappa shape index (κ1) is 17.6. The van der Waals surface area contributed by atoms with E-state index in [0.29, 0.717) is 16.6 Å². The van der Waals surface area contributed by atoms with Crippen LogP contribution in [0.1, 0.15) is 41.1 Å². The quantitative estimate of drug-likeness (QED) is 0.743. The molecule has 0 spiro atoms. The van der Waals surface area contributed by atoms with E-state index in [2.05, 4.69) is 55.7 Å². The van der Waals surface area contributed by atoms with Crippen LogP contribution >= 0.6 is 11.3 Å². The van der Waals surface area contributed by atoms with Gasteiger partial charge >= 0.3 is 0 Å². The van der Waals surface area contributed by atoms with Gasteiger partial charge in [0.1, 0.15) is 11.3 Å². The van der Waals surface area contributed by atoms with Crippen molar-refractivity contribution in [1.82, 2.24) is 15.2 Å². The zero-order chi connectivity index (χ0) is 18.5. The van der Waals surface area contributed by atoms with Gasteiger partial charge in [-0.2, -0.15) is 0 Å². The molecule has 4 rings (SSSR count). The van der Waals surface area contributed by atoms with Crippen LogP contribution in [0.15, 0.2) is 54.2 Å². The molecule has 1 saturated heterocycles. The number of nitrogens with zero attached hydrogens (tertiary/aromatic N) is 4. The number of hydrogen-bond acceptors (Lipinski definition) is 6. The van der Waals surface area contributed by atoms with E-state index in [4.69, 9.17) is 0 Å². The number of aromatic nitrogens is 3. The number of amides is 1. The Bertz CT molecular complexity index is 867. The van der Waals surface area contributed by atoms with Crippen LogP contribution in [0.4, 0.5) is 10.9 Å². The zero-order valence-electron chi connectivity index (χ0n) is 14.9. The smallest absolute Gasteiger partial charge is 0.259 e. The number of anilines is 2. The van der Waals surface area contributed by atoms with Crippen LogP contribution in [-0.2, 0) is 0 Å². The third-order valence-electron chi connectivity index (χ3n) is 4.91. The SMILES string of the molecule is O=C(Nc1nncs1)c1ccc(N2CCCC(c3ccccc3)CC2)nc1. The van der Waals surface area contributed by atoms with Crippen LogP contribution in [-0.4, -0.2) is 34.2 Å². The lowest BCUT2D eigenvalue weighted by atomic mass is 9.92. The van der Waals surface area contributed by atoms with Gasteiger partial charge < -0.3 is 4.90 Å². The minimum atomic E-state index is -0.217. The van der Waals surface area contributed by atoms with E-state index in [-0.39, 0.29) is 5.91 Å². The number of rotatable bonds is 4. The summed E-state index contributed by atoms with van der Waals surface area (Å²) in [6.45, 7) is 1.97. The molecule has 0 radical (unpaired) electrons. The molecule has 1 unspecified atom stereocenters. The summed E-state index contributed by atoms with van der Waals surface area (Å²) in [6.07, 6.45) is 5.08. The summed E-state index contributed by atoms with van der Waals surface area (Å²) in [7, 11) is 0. The monoisotopic (exact) mass is 379 g/mol. The van der Waals surface area contributed by atoms with Gasteiger partial charge in [-0.3, -0.25) is 10.1 Å². The first-order valence-corrected chi connectivity index (χ1v) is 10.0. The molecule has 0 aliphatic carbocycles. The van der Waals surface area contributed by atoms with Crippen molar-refractivity contribution in [1.29, 1.82) is 0 Å². The molecule has 1 atom stereocenters. The molecule has 1 N–H and O–H groups in total. The summed E-state index contributed by atoms with van der Waals surface area (Å²) < 4.78 is 0. The molecule has 3 heterocycles. The van der Waals surface area contributed by atoms with Gasteiger partial charge in [-0.15, -0.1) is 10.2 Å². The Morgan fingerprint density at radius 3 is 2.74 bits per heavy atom. The highest BCUT2D eigenvalue weighted by atomic mass is 32.1. The Morgan fingerprint density at radius 2 is 2.00 bits per heavy atom. The van der Waals surface area contributed by atoms with Crippen LogP contribution in [0.25, 0.3) is 0 Å². The van der Waals surface area contributed by atoms with Crippen molar-refractivity contribution in [2.24, 2.45) is 0 Å². The maximum Gasteiger partial charge on any atom is 0.259 e. The Labute approximate surface area is 162 Å². The lowest BCUT2D eigenvalue weighted by Gasteiger charge is -2.22. The van der Waals surface area contributed by atoms with E-state index in [0.717, 1.165) is 31.7 Å². The summed E-state index contributed by atoms with van der Waals surface area (Å²) in [5.74, 6) is 1.31. The second kappa shape index (κ2) is 8.26. The van der Waals surface area contributed by atoms with Crippen molar-refractivity contribution in [2.45, 2.75) is 25.2 Å². The van der Waals surface area contributed by atoms with E-state index < -0.39 is 0 Å². The molecular formula is C20H21N5OS. The standard InChI is InChI=1S/C20H21N5OS/c26-19(23-20-24-22-14-27-20)17-8-9-18(21-13-17)25-11-4-7-16(10-12-25)15-5-2-1-3-6-15/h1-3,5-6,8-9,13-14,16H,4,7,10-12H2,(H,23,24,26). The van der Waals surface area contributed by atoms with Gasteiger partial charge in [0.2, 0.25) is 5.13 Å². The highest BCUT2D eigenvalue weighted by Crippen LogP contribution is 2.29. The fourth-order valence-corrected chi connectivity index (χ4v) is 3.93. The van der Waals surface area contributed by atoms with Crippen molar-refractivity contribution < 1.29 is 4.79 Å². The van der Waals surface area contributed by atoms with Crippen LogP contribution in [0.3, 0.4) is 0 Å². The number of nitrogens with one attached hydrogen (secondary N) is 1. The lowest BCUT2D eigenvalue weighted by molar-refractivity contribution is 0.102. The molecule has 2 aromatic heterocycles. The van der Waals surface area contributed by atoms with E-state index in [1.165, 1.54) is 23.3 Å². The summed E-state index contributed by atoms with van der Waals surface area (Å²) in [4.78, 5) is 19.1. The van der Waals surface area contributed by atoms with Crippen LogP contribution in [0.2, 0.25) is 0 Å². The van der Waals surface area contributed by atoms with Gasteiger partial charge in [-0.25, -0.2) is 4.98 Å². The van der Waals surface area contributed by atoms with E-state index >= 15 is 0 Å². The minimum absolute atomic E-state index is 0.217. The van der Waals surface area contributed by atoms with Gasteiger partial charge in [0.05, 0.1) is 5.56 Å². The van der Waals surface area contributed by atoms with Gasteiger partial charge in [-0.05, 0) is 42.9 Å². The molecule has 1 aliphatic rings. The van der Waals surface area contributed by atoms with Crippen molar-refractivity contribution in [3.05, 3.63) is 65.3 Å². The largest absolute Gasteiger partial charge is 0.357 e. The average Bonchev–Trinajstić information content (AvgIpc) is 3.10. The second-order valence-corrected chi connectivity index (χ2v) is 7.46. The molecule has 0 bridgehead atoms.